The van der Waals surface area contributed by atoms with Crippen LogP contribution in [-0.2, 0) is 10.0 Å². The Labute approximate surface area is 152 Å². The smallest absolute Gasteiger partial charge is 0.255 e. The topological polar surface area (TPSA) is 66.5 Å². The molecule has 2 aromatic rings. The molecular weight excluding hydrogens is 360 g/mol. The van der Waals surface area contributed by atoms with Gasteiger partial charge < -0.3 is 5.32 Å². The maximum atomic E-state index is 12.3. The van der Waals surface area contributed by atoms with Gasteiger partial charge in [-0.25, -0.2) is 8.42 Å². The van der Waals surface area contributed by atoms with Crippen LogP contribution in [-0.4, -0.2) is 26.6 Å². The minimum atomic E-state index is -3.30. The SMILES string of the molecule is Cc1ccc(NC(=O)c2ccc(Cl)cc2)cc1N1CCCCS1(=O)=O. The second-order valence-corrected chi connectivity index (χ2v) is 8.51. The van der Waals surface area contributed by atoms with Crippen LogP contribution in [0.4, 0.5) is 11.4 Å². The maximum absolute atomic E-state index is 12.3. The third-order valence-corrected chi connectivity index (χ3v) is 6.30. The van der Waals surface area contributed by atoms with Crippen LogP contribution in [0.1, 0.15) is 28.8 Å². The summed E-state index contributed by atoms with van der Waals surface area (Å²) in [7, 11) is -3.30. The zero-order chi connectivity index (χ0) is 18.0. The minimum Gasteiger partial charge on any atom is -0.322 e. The highest BCUT2D eigenvalue weighted by Gasteiger charge is 2.27. The zero-order valence-electron chi connectivity index (χ0n) is 13.8. The number of anilines is 2. The molecule has 0 saturated carbocycles. The lowest BCUT2D eigenvalue weighted by Crippen LogP contribution is -2.38. The molecule has 1 N–H and O–H groups in total. The summed E-state index contributed by atoms with van der Waals surface area (Å²) in [6.45, 7) is 2.34. The summed E-state index contributed by atoms with van der Waals surface area (Å²) < 4.78 is 26.1. The molecule has 1 amide bonds. The van der Waals surface area contributed by atoms with E-state index in [0.717, 1.165) is 12.0 Å². The molecule has 0 atom stereocenters. The molecule has 5 nitrogen and oxygen atoms in total. The Hall–Kier alpha value is -2.05. The van der Waals surface area contributed by atoms with E-state index < -0.39 is 10.0 Å². The van der Waals surface area contributed by atoms with Crippen molar-refractivity contribution < 1.29 is 13.2 Å². The number of hydrogen-bond donors (Lipinski definition) is 1. The fourth-order valence-electron chi connectivity index (χ4n) is 2.82. The van der Waals surface area contributed by atoms with Crippen molar-refractivity contribution in [1.82, 2.24) is 0 Å². The Morgan fingerprint density at radius 2 is 1.84 bits per heavy atom. The number of nitrogens with zero attached hydrogens (tertiary/aromatic N) is 1. The minimum absolute atomic E-state index is 0.161. The van der Waals surface area contributed by atoms with Crippen molar-refractivity contribution in [2.75, 3.05) is 21.9 Å². The number of carbonyl (C=O) groups excluding carboxylic acids is 1. The van der Waals surface area contributed by atoms with E-state index in [1.165, 1.54) is 4.31 Å². The van der Waals surface area contributed by atoms with Gasteiger partial charge in [-0.1, -0.05) is 17.7 Å². The highest BCUT2D eigenvalue weighted by molar-refractivity contribution is 7.92. The first-order chi connectivity index (χ1) is 11.9. The van der Waals surface area contributed by atoms with Crippen LogP contribution in [0.2, 0.25) is 5.02 Å². The van der Waals surface area contributed by atoms with E-state index >= 15 is 0 Å². The second kappa shape index (κ2) is 7.06. The molecule has 0 spiro atoms. The van der Waals surface area contributed by atoms with Crippen LogP contribution in [0, 0.1) is 6.92 Å². The lowest BCUT2D eigenvalue weighted by Gasteiger charge is -2.29. The number of halogens is 1. The second-order valence-electron chi connectivity index (χ2n) is 6.06. The van der Waals surface area contributed by atoms with Crippen LogP contribution in [0.3, 0.4) is 0 Å². The molecule has 2 aromatic carbocycles. The van der Waals surface area contributed by atoms with Crippen LogP contribution in [0.5, 0.6) is 0 Å². The fraction of sp³-hybridized carbons (Fsp3) is 0.278. The molecule has 1 heterocycles. The summed E-state index contributed by atoms with van der Waals surface area (Å²) in [5.41, 5.74) is 2.52. The standard InChI is InChI=1S/C18H19ClN2O3S/c1-13-4-9-16(20-18(22)14-5-7-15(19)8-6-14)12-17(13)21-10-2-3-11-25(21,23)24/h4-9,12H,2-3,10-11H2,1H3,(H,20,22). The predicted octanol–water partition coefficient (Wildman–Crippen LogP) is 3.83. The monoisotopic (exact) mass is 378 g/mol. The average Bonchev–Trinajstić information content (AvgIpc) is 2.57. The molecule has 1 aliphatic heterocycles. The van der Waals surface area contributed by atoms with Crippen molar-refractivity contribution in [3.8, 4) is 0 Å². The molecule has 25 heavy (non-hydrogen) atoms. The Kier molecular flexibility index (Phi) is 5.01. The molecule has 1 fully saturated rings. The van der Waals surface area contributed by atoms with Gasteiger partial charge in [0, 0.05) is 22.8 Å². The van der Waals surface area contributed by atoms with Gasteiger partial charge in [0.2, 0.25) is 10.0 Å². The number of amides is 1. The Morgan fingerprint density at radius 1 is 1.12 bits per heavy atom. The van der Waals surface area contributed by atoms with Crippen molar-refractivity contribution in [3.05, 3.63) is 58.6 Å². The first kappa shape index (κ1) is 17.8. The summed E-state index contributed by atoms with van der Waals surface area (Å²) in [6.07, 6.45) is 1.52. The molecule has 1 aliphatic rings. The molecular formula is C18H19ClN2O3S. The Bertz CT molecular complexity index is 895. The first-order valence-electron chi connectivity index (χ1n) is 8.05. The van der Waals surface area contributed by atoms with Gasteiger partial charge in [0.1, 0.15) is 0 Å². The van der Waals surface area contributed by atoms with Crippen LogP contribution < -0.4 is 9.62 Å². The molecule has 0 aromatic heterocycles. The third-order valence-electron chi connectivity index (χ3n) is 4.19. The van der Waals surface area contributed by atoms with Crippen molar-refractivity contribution in [1.29, 1.82) is 0 Å². The fourth-order valence-corrected chi connectivity index (χ4v) is 4.64. The van der Waals surface area contributed by atoms with Crippen molar-refractivity contribution in [2.24, 2.45) is 0 Å². The predicted molar refractivity (Wildman–Crippen MR) is 101 cm³/mol. The van der Waals surface area contributed by atoms with Gasteiger partial charge in [0.25, 0.3) is 5.91 Å². The molecule has 132 valence electrons. The van der Waals surface area contributed by atoms with Crippen molar-refractivity contribution in [3.63, 3.8) is 0 Å². The van der Waals surface area contributed by atoms with Gasteiger partial charge in [-0.15, -0.1) is 0 Å². The van der Waals surface area contributed by atoms with E-state index in [0.29, 0.717) is 34.9 Å². The van der Waals surface area contributed by atoms with Gasteiger partial charge >= 0.3 is 0 Å². The van der Waals surface area contributed by atoms with Gasteiger partial charge in [-0.05, 0) is 61.7 Å². The van der Waals surface area contributed by atoms with E-state index in [4.69, 9.17) is 11.6 Å². The van der Waals surface area contributed by atoms with Crippen LogP contribution in [0.15, 0.2) is 42.5 Å². The van der Waals surface area contributed by atoms with Gasteiger partial charge in [0.05, 0.1) is 11.4 Å². The molecule has 0 aliphatic carbocycles. The summed E-state index contributed by atoms with van der Waals surface area (Å²) >= 11 is 5.83. The number of benzene rings is 2. The van der Waals surface area contributed by atoms with Crippen molar-refractivity contribution in [2.45, 2.75) is 19.8 Å². The number of carbonyl (C=O) groups is 1. The van der Waals surface area contributed by atoms with Crippen LogP contribution in [0.25, 0.3) is 0 Å². The van der Waals surface area contributed by atoms with Crippen molar-refractivity contribution >= 4 is 38.9 Å². The quantitative estimate of drug-likeness (QED) is 0.882. The lowest BCUT2D eigenvalue weighted by atomic mass is 10.1. The van der Waals surface area contributed by atoms with Gasteiger partial charge in [-0.2, -0.15) is 0 Å². The van der Waals surface area contributed by atoms with E-state index in [9.17, 15) is 13.2 Å². The summed E-state index contributed by atoms with van der Waals surface area (Å²) in [5.74, 6) is -0.110. The first-order valence-corrected chi connectivity index (χ1v) is 10.0. The average molecular weight is 379 g/mol. The molecule has 0 radical (unpaired) electrons. The van der Waals surface area contributed by atoms with Gasteiger partial charge in [-0.3, -0.25) is 9.10 Å². The molecule has 1 saturated heterocycles. The van der Waals surface area contributed by atoms with E-state index in [2.05, 4.69) is 5.32 Å². The Balaban J connectivity index is 1.86. The summed E-state index contributed by atoms with van der Waals surface area (Å²) in [4.78, 5) is 12.3. The molecule has 0 unspecified atom stereocenters. The summed E-state index contributed by atoms with van der Waals surface area (Å²) in [6, 6.07) is 11.9. The number of sulfonamides is 1. The van der Waals surface area contributed by atoms with E-state index in [1.54, 1.807) is 36.4 Å². The van der Waals surface area contributed by atoms with E-state index in [1.807, 2.05) is 13.0 Å². The normalized spacial score (nSPS) is 16.5. The maximum Gasteiger partial charge on any atom is 0.255 e. The summed E-state index contributed by atoms with van der Waals surface area (Å²) in [5, 5.41) is 3.37. The zero-order valence-corrected chi connectivity index (χ0v) is 15.4. The van der Waals surface area contributed by atoms with Gasteiger partial charge in [0.15, 0.2) is 0 Å². The number of aryl methyl sites for hydroxylation is 1. The van der Waals surface area contributed by atoms with Crippen LogP contribution >= 0.6 is 11.6 Å². The number of hydrogen-bond acceptors (Lipinski definition) is 3. The Morgan fingerprint density at radius 3 is 2.52 bits per heavy atom. The number of nitrogens with one attached hydrogen (secondary N) is 1. The largest absolute Gasteiger partial charge is 0.322 e. The lowest BCUT2D eigenvalue weighted by molar-refractivity contribution is 0.102. The molecule has 0 bridgehead atoms. The van der Waals surface area contributed by atoms with E-state index in [-0.39, 0.29) is 11.7 Å². The highest BCUT2D eigenvalue weighted by Crippen LogP contribution is 2.29. The highest BCUT2D eigenvalue weighted by atomic mass is 35.5. The molecule has 3 rings (SSSR count). The number of rotatable bonds is 3. The molecule has 7 heteroatoms. The third kappa shape index (κ3) is 3.96.